The summed E-state index contributed by atoms with van der Waals surface area (Å²) in [6.07, 6.45) is 1.00. The minimum Gasteiger partial charge on any atom is -0.493 e. The highest BCUT2D eigenvalue weighted by atomic mass is 16.5. The summed E-state index contributed by atoms with van der Waals surface area (Å²) in [7, 11) is 0. The fourth-order valence-corrected chi connectivity index (χ4v) is 2.79. The molecule has 21 heavy (non-hydrogen) atoms. The number of ether oxygens (including phenoxy) is 1. The largest absolute Gasteiger partial charge is 0.493 e. The monoisotopic (exact) mass is 280 g/mol. The van der Waals surface area contributed by atoms with Crippen molar-refractivity contribution in [3.63, 3.8) is 0 Å². The number of benzene rings is 2. The number of nitrogens with zero attached hydrogens (tertiary/aromatic N) is 1. The van der Waals surface area contributed by atoms with Crippen molar-refractivity contribution in [3.8, 4) is 5.75 Å². The predicted molar refractivity (Wildman–Crippen MR) is 81.8 cm³/mol. The van der Waals surface area contributed by atoms with Crippen molar-refractivity contribution in [2.45, 2.75) is 12.3 Å². The predicted octanol–water partition coefficient (Wildman–Crippen LogP) is 3.81. The van der Waals surface area contributed by atoms with Crippen LogP contribution in [0.25, 0.3) is 11.1 Å². The Balaban J connectivity index is 1.52. The minimum absolute atomic E-state index is 0.421. The molecule has 1 aromatic heterocycles. The van der Waals surface area contributed by atoms with Crippen LogP contribution < -0.4 is 10.1 Å². The number of nitrogens with one attached hydrogen (secondary N) is 1. The summed E-state index contributed by atoms with van der Waals surface area (Å²) in [5.74, 6) is 1.41. The van der Waals surface area contributed by atoms with Crippen LogP contribution >= 0.6 is 0 Å². The average Bonchev–Trinajstić information content (AvgIpc) is 2.96. The van der Waals surface area contributed by atoms with Gasteiger partial charge in [-0.2, -0.15) is 4.98 Å². The first-order chi connectivity index (χ1) is 10.4. The number of hydrogen-bond donors (Lipinski definition) is 1. The third-order valence-electron chi connectivity index (χ3n) is 3.88. The summed E-state index contributed by atoms with van der Waals surface area (Å²) in [4.78, 5) is 4.44. The van der Waals surface area contributed by atoms with E-state index in [-0.39, 0.29) is 0 Å². The molecule has 2 aromatic carbocycles. The van der Waals surface area contributed by atoms with Crippen LogP contribution in [0.15, 0.2) is 52.9 Å². The van der Waals surface area contributed by atoms with Gasteiger partial charge in [0.15, 0.2) is 5.58 Å². The van der Waals surface area contributed by atoms with Crippen molar-refractivity contribution in [2.24, 2.45) is 0 Å². The first kappa shape index (κ1) is 12.3. The lowest BCUT2D eigenvalue weighted by Crippen LogP contribution is -2.20. The Morgan fingerprint density at radius 3 is 2.90 bits per heavy atom. The van der Waals surface area contributed by atoms with E-state index in [2.05, 4.69) is 22.4 Å². The summed E-state index contributed by atoms with van der Waals surface area (Å²) < 4.78 is 11.4. The van der Waals surface area contributed by atoms with Crippen LogP contribution in [0.4, 0.5) is 6.01 Å². The summed E-state index contributed by atoms with van der Waals surface area (Å²) in [6, 6.07) is 16.6. The molecule has 106 valence electrons. The third-order valence-corrected chi connectivity index (χ3v) is 3.88. The molecule has 0 aliphatic carbocycles. The number of aromatic nitrogens is 1. The van der Waals surface area contributed by atoms with Gasteiger partial charge in [-0.3, -0.25) is 0 Å². The van der Waals surface area contributed by atoms with E-state index in [4.69, 9.17) is 9.15 Å². The average molecular weight is 280 g/mol. The molecule has 1 unspecified atom stereocenters. The van der Waals surface area contributed by atoms with Gasteiger partial charge in [-0.1, -0.05) is 30.3 Å². The van der Waals surface area contributed by atoms with Gasteiger partial charge in [-0.05, 0) is 30.2 Å². The van der Waals surface area contributed by atoms with E-state index in [1.165, 1.54) is 5.56 Å². The Kier molecular flexibility index (Phi) is 2.99. The number of anilines is 1. The standard InChI is InChI=1S/C17H16N2O2/c1-3-7-15-13(5-1)12(9-10-20-15)11-18-17-19-14-6-2-4-8-16(14)21-17/h1-8,12H,9-11H2,(H,18,19). The molecule has 0 bridgehead atoms. The molecular weight excluding hydrogens is 264 g/mol. The Morgan fingerprint density at radius 2 is 1.95 bits per heavy atom. The number of oxazole rings is 1. The Labute approximate surface area is 122 Å². The van der Waals surface area contributed by atoms with E-state index < -0.39 is 0 Å². The molecule has 0 fully saturated rings. The maximum Gasteiger partial charge on any atom is 0.295 e. The van der Waals surface area contributed by atoms with Gasteiger partial charge in [-0.15, -0.1) is 0 Å². The molecule has 0 saturated carbocycles. The second-order valence-corrected chi connectivity index (χ2v) is 5.24. The molecule has 0 amide bonds. The van der Waals surface area contributed by atoms with Crippen LogP contribution in [0.2, 0.25) is 0 Å². The van der Waals surface area contributed by atoms with Crippen LogP contribution in [0.5, 0.6) is 5.75 Å². The Bertz CT molecular complexity index is 733. The molecule has 4 nitrogen and oxygen atoms in total. The molecule has 3 aromatic rings. The van der Waals surface area contributed by atoms with Gasteiger partial charge in [0.05, 0.1) is 6.61 Å². The Morgan fingerprint density at radius 1 is 1.10 bits per heavy atom. The van der Waals surface area contributed by atoms with Crippen LogP contribution in [0.1, 0.15) is 17.9 Å². The molecule has 4 rings (SSSR count). The van der Waals surface area contributed by atoms with Crippen LogP contribution in [-0.2, 0) is 0 Å². The summed E-state index contributed by atoms with van der Waals surface area (Å²) in [6.45, 7) is 1.56. The zero-order chi connectivity index (χ0) is 14.1. The summed E-state index contributed by atoms with van der Waals surface area (Å²) in [5, 5.41) is 3.31. The smallest absolute Gasteiger partial charge is 0.295 e. The lowest BCUT2D eigenvalue weighted by atomic mass is 9.93. The Hall–Kier alpha value is -2.49. The van der Waals surface area contributed by atoms with E-state index in [1.807, 2.05) is 36.4 Å². The van der Waals surface area contributed by atoms with Crippen LogP contribution in [0, 0.1) is 0 Å². The number of fused-ring (bicyclic) bond motifs is 2. The van der Waals surface area contributed by atoms with Crippen molar-refractivity contribution in [3.05, 3.63) is 54.1 Å². The van der Waals surface area contributed by atoms with Crippen LogP contribution in [-0.4, -0.2) is 18.1 Å². The summed E-state index contributed by atoms with van der Waals surface area (Å²) >= 11 is 0. The van der Waals surface area contributed by atoms with Gasteiger partial charge in [0.25, 0.3) is 6.01 Å². The quantitative estimate of drug-likeness (QED) is 0.792. The molecule has 1 atom stereocenters. The molecule has 1 N–H and O–H groups in total. The molecule has 4 heteroatoms. The zero-order valence-corrected chi connectivity index (χ0v) is 11.6. The van der Waals surface area contributed by atoms with Gasteiger partial charge in [0.1, 0.15) is 11.3 Å². The van der Waals surface area contributed by atoms with Gasteiger partial charge in [0.2, 0.25) is 0 Å². The first-order valence-electron chi connectivity index (χ1n) is 7.21. The van der Waals surface area contributed by atoms with Crippen molar-refractivity contribution in [1.82, 2.24) is 4.98 Å². The highest BCUT2D eigenvalue weighted by Gasteiger charge is 2.21. The fraction of sp³-hybridized carbons (Fsp3) is 0.235. The van der Waals surface area contributed by atoms with E-state index in [0.717, 1.165) is 36.4 Å². The van der Waals surface area contributed by atoms with Gasteiger partial charge >= 0.3 is 0 Å². The van der Waals surface area contributed by atoms with E-state index in [9.17, 15) is 0 Å². The normalized spacial score (nSPS) is 17.2. The fourth-order valence-electron chi connectivity index (χ4n) is 2.79. The maximum atomic E-state index is 5.69. The lowest BCUT2D eigenvalue weighted by Gasteiger charge is -2.25. The zero-order valence-electron chi connectivity index (χ0n) is 11.6. The van der Waals surface area contributed by atoms with Crippen LogP contribution in [0.3, 0.4) is 0 Å². The molecule has 1 aliphatic rings. The highest BCUT2D eigenvalue weighted by Crippen LogP contribution is 2.33. The minimum atomic E-state index is 0.421. The van der Waals surface area contributed by atoms with Crippen molar-refractivity contribution >= 4 is 17.1 Å². The molecule has 2 heterocycles. The summed E-state index contributed by atoms with van der Waals surface area (Å²) in [5.41, 5.74) is 2.95. The third kappa shape index (κ3) is 2.33. The maximum absolute atomic E-state index is 5.69. The molecule has 1 aliphatic heterocycles. The lowest BCUT2D eigenvalue weighted by molar-refractivity contribution is 0.270. The molecule has 0 saturated heterocycles. The number of rotatable bonds is 3. The number of hydrogen-bond acceptors (Lipinski definition) is 4. The van der Waals surface area contributed by atoms with Gasteiger partial charge < -0.3 is 14.5 Å². The number of para-hydroxylation sites is 3. The van der Waals surface area contributed by atoms with Crippen molar-refractivity contribution in [1.29, 1.82) is 0 Å². The van der Waals surface area contributed by atoms with Gasteiger partial charge in [-0.25, -0.2) is 0 Å². The van der Waals surface area contributed by atoms with Gasteiger partial charge in [0, 0.05) is 12.5 Å². The van der Waals surface area contributed by atoms with E-state index in [0.29, 0.717) is 11.9 Å². The van der Waals surface area contributed by atoms with E-state index in [1.54, 1.807) is 0 Å². The molecule has 0 spiro atoms. The molecule has 0 radical (unpaired) electrons. The van der Waals surface area contributed by atoms with Crippen molar-refractivity contribution < 1.29 is 9.15 Å². The van der Waals surface area contributed by atoms with Crippen molar-refractivity contribution in [2.75, 3.05) is 18.5 Å². The topological polar surface area (TPSA) is 47.3 Å². The van der Waals surface area contributed by atoms with E-state index >= 15 is 0 Å². The first-order valence-corrected chi connectivity index (χ1v) is 7.21. The SMILES string of the molecule is c1ccc2c(c1)OCCC2CNc1nc2ccccc2o1. The highest BCUT2D eigenvalue weighted by molar-refractivity contribution is 5.74. The second kappa shape index (κ2) is 5.13. The second-order valence-electron chi connectivity index (χ2n) is 5.24. The molecular formula is C17H16N2O2.